The minimum Gasteiger partial charge on any atom is -0.352 e. The van der Waals surface area contributed by atoms with E-state index in [-0.39, 0.29) is 11.7 Å². The molecule has 0 saturated carbocycles. The molecule has 1 amide bonds. The molecule has 31 heavy (non-hydrogen) atoms. The third-order valence-corrected chi connectivity index (χ3v) is 5.90. The smallest absolute Gasteiger partial charge is 0.252 e. The highest BCUT2D eigenvalue weighted by molar-refractivity contribution is 6.09. The number of aromatic nitrogens is 1. The molecule has 6 heteroatoms. The van der Waals surface area contributed by atoms with Crippen molar-refractivity contribution in [1.82, 2.24) is 20.1 Å². The number of likely N-dealkylation sites (N-methyl/N-ethyl adjacent to an activating group) is 1. The highest BCUT2D eigenvalue weighted by atomic mass is 19.1. The summed E-state index contributed by atoms with van der Waals surface area (Å²) >= 11 is 0. The minimum absolute atomic E-state index is 0.0786. The summed E-state index contributed by atoms with van der Waals surface area (Å²) in [5, 5.41) is 3.89. The van der Waals surface area contributed by atoms with Gasteiger partial charge >= 0.3 is 0 Å². The van der Waals surface area contributed by atoms with Gasteiger partial charge in [0.2, 0.25) is 0 Å². The van der Waals surface area contributed by atoms with Crippen molar-refractivity contribution in [2.24, 2.45) is 0 Å². The highest BCUT2D eigenvalue weighted by Crippen LogP contribution is 2.29. The first-order chi connectivity index (χ1) is 15.0. The molecule has 1 aromatic heterocycles. The lowest BCUT2D eigenvalue weighted by molar-refractivity contribution is 0.0951. The van der Waals surface area contributed by atoms with Gasteiger partial charge in [0.1, 0.15) is 5.82 Å². The number of para-hydroxylation sites is 1. The van der Waals surface area contributed by atoms with E-state index in [0.717, 1.165) is 66.9 Å². The standard InChI is InChI=1S/C25H29FN4O/c1-18-17-23(25(31)27-11-4-12-30-15-13-29(2)14-16-30)22-6-3-5-21(24(22)28-18)19-7-9-20(26)10-8-19/h3,5-10,17H,4,11-16H2,1-2H3,(H,27,31). The van der Waals surface area contributed by atoms with Crippen molar-refractivity contribution < 1.29 is 9.18 Å². The first-order valence-electron chi connectivity index (χ1n) is 10.9. The van der Waals surface area contributed by atoms with Crippen LogP contribution < -0.4 is 5.32 Å². The number of carbonyl (C=O) groups is 1. The lowest BCUT2D eigenvalue weighted by Crippen LogP contribution is -2.45. The van der Waals surface area contributed by atoms with Gasteiger partial charge in [-0.1, -0.05) is 30.3 Å². The Morgan fingerprint density at radius 1 is 1.10 bits per heavy atom. The average molecular weight is 421 g/mol. The Balaban J connectivity index is 1.49. The van der Waals surface area contributed by atoms with E-state index >= 15 is 0 Å². The van der Waals surface area contributed by atoms with Gasteiger partial charge in [-0.2, -0.15) is 0 Å². The molecule has 4 rings (SSSR count). The number of amides is 1. The Bertz CT molecular complexity index is 1060. The zero-order chi connectivity index (χ0) is 21.8. The molecule has 1 saturated heterocycles. The van der Waals surface area contributed by atoms with Crippen molar-refractivity contribution in [3.8, 4) is 11.1 Å². The van der Waals surface area contributed by atoms with Gasteiger partial charge in [0.25, 0.3) is 5.91 Å². The molecule has 1 aliphatic rings. The van der Waals surface area contributed by atoms with Crippen LogP contribution >= 0.6 is 0 Å². The van der Waals surface area contributed by atoms with Crippen molar-refractivity contribution in [1.29, 1.82) is 0 Å². The number of nitrogens with zero attached hydrogens (tertiary/aromatic N) is 3. The molecule has 0 spiro atoms. The number of carbonyl (C=O) groups excluding carboxylic acids is 1. The SMILES string of the molecule is Cc1cc(C(=O)NCCCN2CCN(C)CC2)c2cccc(-c3ccc(F)cc3)c2n1. The van der Waals surface area contributed by atoms with Gasteiger partial charge in [0.15, 0.2) is 0 Å². The topological polar surface area (TPSA) is 48.5 Å². The monoisotopic (exact) mass is 420 g/mol. The maximum Gasteiger partial charge on any atom is 0.252 e. The van der Waals surface area contributed by atoms with Crippen LogP contribution in [0.3, 0.4) is 0 Å². The summed E-state index contributed by atoms with van der Waals surface area (Å²) in [7, 11) is 2.15. The Morgan fingerprint density at radius 2 is 1.84 bits per heavy atom. The van der Waals surface area contributed by atoms with Gasteiger partial charge in [-0.3, -0.25) is 9.78 Å². The molecule has 5 nitrogen and oxygen atoms in total. The number of halogens is 1. The molecule has 0 unspecified atom stereocenters. The number of benzene rings is 2. The van der Waals surface area contributed by atoms with E-state index in [9.17, 15) is 9.18 Å². The van der Waals surface area contributed by atoms with E-state index in [1.165, 1.54) is 12.1 Å². The largest absolute Gasteiger partial charge is 0.352 e. The second-order valence-electron chi connectivity index (χ2n) is 8.27. The lowest BCUT2D eigenvalue weighted by Gasteiger charge is -2.32. The van der Waals surface area contributed by atoms with Gasteiger partial charge in [0, 0.05) is 49.4 Å². The predicted octanol–water partition coefficient (Wildman–Crippen LogP) is 3.72. The van der Waals surface area contributed by atoms with Gasteiger partial charge in [0.05, 0.1) is 11.1 Å². The zero-order valence-electron chi connectivity index (χ0n) is 18.2. The molecule has 162 valence electrons. The molecule has 3 aromatic rings. The average Bonchev–Trinajstić information content (AvgIpc) is 2.77. The number of hydrogen-bond donors (Lipinski definition) is 1. The maximum atomic E-state index is 13.4. The van der Waals surface area contributed by atoms with Crippen molar-refractivity contribution in [2.75, 3.05) is 46.3 Å². The van der Waals surface area contributed by atoms with E-state index < -0.39 is 0 Å². The Kier molecular flexibility index (Phi) is 6.59. The van der Waals surface area contributed by atoms with Gasteiger partial charge in [-0.25, -0.2) is 4.39 Å². The Morgan fingerprint density at radius 3 is 2.58 bits per heavy atom. The molecule has 2 heterocycles. The summed E-state index contributed by atoms with van der Waals surface area (Å²) in [6.45, 7) is 7.92. The Hall–Kier alpha value is -2.83. The van der Waals surface area contributed by atoms with Crippen molar-refractivity contribution in [3.05, 3.63) is 65.6 Å². The quantitative estimate of drug-likeness (QED) is 0.618. The first kappa shape index (κ1) is 21.4. The molecule has 1 N–H and O–H groups in total. The van der Waals surface area contributed by atoms with Crippen LogP contribution in [-0.4, -0.2) is 67.0 Å². The summed E-state index contributed by atoms with van der Waals surface area (Å²) < 4.78 is 13.4. The van der Waals surface area contributed by atoms with Crippen LogP contribution in [0.1, 0.15) is 22.5 Å². The van der Waals surface area contributed by atoms with Crippen molar-refractivity contribution in [3.63, 3.8) is 0 Å². The summed E-state index contributed by atoms with van der Waals surface area (Å²) in [6, 6.07) is 14.0. The van der Waals surface area contributed by atoms with Gasteiger partial charge in [-0.15, -0.1) is 0 Å². The first-order valence-corrected chi connectivity index (χ1v) is 10.9. The summed E-state index contributed by atoms with van der Waals surface area (Å²) in [4.78, 5) is 22.5. The number of rotatable bonds is 6. The van der Waals surface area contributed by atoms with Crippen LogP contribution in [0.2, 0.25) is 0 Å². The van der Waals surface area contributed by atoms with Gasteiger partial charge in [-0.05, 0) is 50.7 Å². The highest BCUT2D eigenvalue weighted by Gasteiger charge is 2.16. The molecule has 0 radical (unpaired) electrons. The number of aryl methyl sites for hydroxylation is 1. The van der Waals surface area contributed by atoms with Crippen LogP contribution in [0, 0.1) is 12.7 Å². The van der Waals surface area contributed by atoms with E-state index in [1.54, 1.807) is 12.1 Å². The minimum atomic E-state index is -0.273. The molecule has 1 aliphatic heterocycles. The normalized spacial score (nSPS) is 15.3. The molecule has 2 aromatic carbocycles. The molecular formula is C25H29FN4O. The van der Waals surface area contributed by atoms with E-state index in [2.05, 4.69) is 22.2 Å². The van der Waals surface area contributed by atoms with Crippen LogP contribution in [0.4, 0.5) is 4.39 Å². The predicted molar refractivity (Wildman–Crippen MR) is 123 cm³/mol. The lowest BCUT2D eigenvalue weighted by atomic mass is 9.98. The number of fused-ring (bicyclic) bond motifs is 1. The molecular weight excluding hydrogens is 391 g/mol. The summed E-state index contributed by atoms with van der Waals surface area (Å²) in [5.41, 5.74) is 3.95. The third kappa shape index (κ3) is 5.09. The fraction of sp³-hybridized carbons (Fsp3) is 0.360. The van der Waals surface area contributed by atoms with Gasteiger partial charge < -0.3 is 15.1 Å². The second-order valence-corrected chi connectivity index (χ2v) is 8.27. The van der Waals surface area contributed by atoms with Crippen molar-refractivity contribution in [2.45, 2.75) is 13.3 Å². The number of hydrogen-bond acceptors (Lipinski definition) is 4. The number of pyridine rings is 1. The van der Waals surface area contributed by atoms with E-state index in [4.69, 9.17) is 4.98 Å². The van der Waals surface area contributed by atoms with Crippen LogP contribution in [0.25, 0.3) is 22.0 Å². The molecule has 0 atom stereocenters. The fourth-order valence-electron chi connectivity index (χ4n) is 4.10. The van der Waals surface area contributed by atoms with E-state index in [0.29, 0.717) is 12.1 Å². The van der Waals surface area contributed by atoms with Crippen LogP contribution in [0.15, 0.2) is 48.5 Å². The zero-order valence-corrected chi connectivity index (χ0v) is 18.2. The van der Waals surface area contributed by atoms with Crippen molar-refractivity contribution >= 4 is 16.8 Å². The summed E-state index contributed by atoms with van der Waals surface area (Å²) in [5.74, 6) is -0.352. The van der Waals surface area contributed by atoms with Crippen LogP contribution in [0.5, 0.6) is 0 Å². The van der Waals surface area contributed by atoms with E-state index in [1.807, 2.05) is 31.2 Å². The Labute approximate surface area is 182 Å². The molecule has 0 bridgehead atoms. The second kappa shape index (κ2) is 9.54. The number of nitrogens with one attached hydrogen (secondary N) is 1. The number of piperazine rings is 1. The molecule has 0 aliphatic carbocycles. The molecule has 1 fully saturated rings. The maximum absolute atomic E-state index is 13.4. The fourth-order valence-corrected chi connectivity index (χ4v) is 4.10. The summed E-state index contributed by atoms with van der Waals surface area (Å²) in [6.07, 6.45) is 0.929. The van der Waals surface area contributed by atoms with Crippen LogP contribution in [-0.2, 0) is 0 Å². The third-order valence-electron chi connectivity index (χ3n) is 5.90.